The first-order chi connectivity index (χ1) is 34.3. The van der Waals surface area contributed by atoms with Crippen molar-refractivity contribution < 1.29 is 41.9 Å². The Hall–Kier alpha value is -6.81. The Morgan fingerprint density at radius 1 is 0.847 bits per heavy atom. The van der Waals surface area contributed by atoms with Gasteiger partial charge >= 0.3 is 6.18 Å². The second kappa shape index (κ2) is 23.6. The first-order valence-corrected chi connectivity index (χ1v) is 25.4. The van der Waals surface area contributed by atoms with Gasteiger partial charge in [-0.2, -0.15) is 13.2 Å². The van der Waals surface area contributed by atoms with Crippen LogP contribution < -0.4 is 26.0 Å². The molecule has 0 bridgehead atoms. The second-order valence-corrected chi connectivity index (χ2v) is 20.5. The number of rotatable bonds is 19. The molecule has 1 aliphatic heterocycles. The number of fused-ring (bicyclic) bond motifs is 1. The van der Waals surface area contributed by atoms with E-state index in [9.17, 15) is 37.1 Å². The highest BCUT2D eigenvalue weighted by Gasteiger charge is 2.42. The van der Waals surface area contributed by atoms with Crippen molar-refractivity contribution in [2.24, 2.45) is 11.3 Å². The van der Waals surface area contributed by atoms with Crippen molar-refractivity contribution in [1.29, 1.82) is 0 Å². The number of carbonyl (C=O) groups excluding carboxylic acids is 5. The zero-order valence-electron chi connectivity index (χ0n) is 41.4. The lowest BCUT2D eigenvalue weighted by Crippen LogP contribution is -2.57. The number of nitrogens with zero attached hydrogens (tertiary/aromatic N) is 2. The molecule has 4 N–H and O–H groups in total. The average molecular weight is 1010 g/mol. The van der Waals surface area contributed by atoms with E-state index in [-0.39, 0.29) is 60.7 Å². The number of carbonyl (C=O) groups is 5. The standard InChI is InChI=1S/C56H63F3N6O6S/c1-35(39-18-20-40(21-19-39)50-36(2)62-34-72-50)63-53(69)46-15-11-29-65(46)54(70)51(55(3,4)5)64-48(66)17-7-6-8-28-60-49(67)31-37-12-9-13-38(30-37)33-61-52(68)42-22-27-45-41(32-42)14-10-16-47(45)71-44-25-23-43(24-26-44)56(57,58)59/h9-10,12-14,16,18-27,30,34-35,42,46,51H,6-8,11,15,17,28-29,31-33H2,1-5H3,(H,60,67)(H,61,68)(H,63,69)(H,64,66)/t35?,42?,46?,51-/m1/s1. The number of benzene rings is 4. The number of alkyl halides is 3. The Balaban J connectivity index is 0.796. The number of unbranched alkanes of at least 4 members (excludes halogenated alkanes) is 2. The minimum Gasteiger partial charge on any atom is -0.457 e. The maximum atomic E-state index is 14.1. The summed E-state index contributed by atoms with van der Waals surface area (Å²) in [4.78, 5) is 74.1. The summed E-state index contributed by atoms with van der Waals surface area (Å²) in [5.41, 5.74) is 6.74. The molecule has 1 aromatic heterocycles. The monoisotopic (exact) mass is 1000 g/mol. The fourth-order valence-corrected chi connectivity index (χ4v) is 9.87. The van der Waals surface area contributed by atoms with E-state index in [2.05, 4.69) is 26.3 Å². The molecule has 0 spiro atoms. The van der Waals surface area contributed by atoms with Crippen molar-refractivity contribution in [1.82, 2.24) is 31.2 Å². The predicted molar refractivity (Wildman–Crippen MR) is 273 cm³/mol. The van der Waals surface area contributed by atoms with Crippen LogP contribution in [0.5, 0.6) is 11.5 Å². The van der Waals surface area contributed by atoms with Gasteiger partial charge in [-0.15, -0.1) is 11.3 Å². The van der Waals surface area contributed by atoms with Crippen LogP contribution in [-0.2, 0) is 49.5 Å². The molecule has 4 atom stereocenters. The molecular formula is C56H63F3N6O6S. The molecule has 380 valence electrons. The topological polar surface area (TPSA) is 159 Å². The molecule has 2 aliphatic rings. The van der Waals surface area contributed by atoms with Crippen molar-refractivity contribution in [2.45, 2.75) is 117 Å². The Labute approximate surface area is 423 Å². The first-order valence-electron chi connectivity index (χ1n) is 24.5. The summed E-state index contributed by atoms with van der Waals surface area (Å²) in [6.07, 6.45) is 3.11. The van der Waals surface area contributed by atoms with Crippen LogP contribution in [0.1, 0.15) is 111 Å². The highest BCUT2D eigenvalue weighted by atomic mass is 32.1. The molecule has 4 aromatic carbocycles. The maximum absolute atomic E-state index is 14.1. The van der Waals surface area contributed by atoms with Crippen molar-refractivity contribution in [3.63, 3.8) is 0 Å². The van der Waals surface area contributed by atoms with Gasteiger partial charge in [-0.3, -0.25) is 24.0 Å². The van der Waals surface area contributed by atoms with Crippen LogP contribution in [0.25, 0.3) is 16.5 Å². The largest absolute Gasteiger partial charge is 0.457 e. The molecule has 16 heteroatoms. The molecule has 5 amide bonds. The zero-order valence-corrected chi connectivity index (χ0v) is 42.2. The number of ether oxygens (including phenoxy) is 1. The number of nitrogens with one attached hydrogen (secondary N) is 4. The summed E-state index contributed by atoms with van der Waals surface area (Å²) < 4.78 is 44.9. The molecule has 1 fully saturated rings. The molecule has 5 aromatic rings. The van der Waals surface area contributed by atoms with Crippen LogP contribution in [0.2, 0.25) is 0 Å². The fraction of sp³-hybridized carbons (Fsp3) is 0.393. The smallest absolute Gasteiger partial charge is 0.416 e. The SMILES string of the molecule is Cc1ncsc1-c1ccc(C(C)NC(=O)C2CCCN2C(=O)[C@@H](NC(=O)CCCCCNC(=O)Cc2cccc(CNC(=O)C3C=Cc4c(cccc4Oc4ccc(C(F)(F)F)cc4)C3)c2)C(C)(C)C)cc1. The molecule has 7 rings (SSSR count). The van der Waals surface area contributed by atoms with Gasteiger partial charge in [0.05, 0.1) is 40.0 Å². The fourth-order valence-electron chi connectivity index (χ4n) is 9.06. The van der Waals surface area contributed by atoms with Crippen molar-refractivity contribution in [3.05, 3.63) is 142 Å². The van der Waals surface area contributed by atoms with Crippen molar-refractivity contribution in [3.8, 4) is 21.9 Å². The van der Waals surface area contributed by atoms with E-state index in [4.69, 9.17) is 4.74 Å². The summed E-state index contributed by atoms with van der Waals surface area (Å²) in [7, 11) is 0. The van der Waals surface area contributed by atoms with Crippen LogP contribution in [0.4, 0.5) is 13.2 Å². The van der Waals surface area contributed by atoms with Crippen LogP contribution >= 0.6 is 11.3 Å². The minimum atomic E-state index is -4.44. The molecule has 72 heavy (non-hydrogen) atoms. The van der Waals surface area contributed by atoms with E-state index in [1.807, 2.05) is 94.7 Å². The lowest BCUT2D eigenvalue weighted by molar-refractivity contribution is -0.144. The Kier molecular flexibility index (Phi) is 17.4. The first kappa shape index (κ1) is 53.0. The van der Waals surface area contributed by atoms with E-state index < -0.39 is 35.2 Å². The third-order valence-electron chi connectivity index (χ3n) is 13.1. The highest BCUT2D eigenvalue weighted by Crippen LogP contribution is 2.36. The van der Waals surface area contributed by atoms with E-state index in [0.717, 1.165) is 56.1 Å². The lowest BCUT2D eigenvalue weighted by atomic mass is 9.85. The van der Waals surface area contributed by atoms with E-state index >= 15 is 0 Å². The van der Waals surface area contributed by atoms with Gasteiger partial charge in [0.1, 0.15) is 23.6 Å². The number of aryl methyl sites for hydroxylation is 1. The van der Waals surface area contributed by atoms with Crippen LogP contribution in [-0.4, -0.2) is 64.6 Å². The average Bonchev–Trinajstić information content (AvgIpc) is 4.03. The number of likely N-dealkylation sites (tertiary alicyclic amines) is 1. The molecular weight excluding hydrogens is 942 g/mol. The Morgan fingerprint density at radius 2 is 1.58 bits per heavy atom. The van der Waals surface area contributed by atoms with Gasteiger partial charge in [0.15, 0.2) is 0 Å². The highest BCUT2D eigenvalue weighted by molar-refractivity contribution is 7.13. The predicted octanol–water partition coefficient (Wildman–Crippen LogP) is 10.0. The molecule has 1 saturated heterocycles. The summed E-state index contributed by atoms with van der Waals surface area (Å²) >= 11 is 1.59. The number of halogens is 3. The summed E-state index contributed by atoms with van der Waals surface area (Å²) in [5, 5.41) is 12.0. The molecule has 2 heterocycles. The number of hydrogen-bond donors (Lipinski definition) is 4. The van der Waals surface area contributed by atoms with Crippen LogP contribution in [0, 0.1) is 18.3 Å². The molecule has 1 aliphatic carbocycles. The second-order valence-electron chi connectivity index (χ2n) is 19.7. The van der Waals surface area contributed by atoms with Crippen LogP contribution in [0.3, 0.4) is 0 Å². The minimum absolute atomic E-state index is 0.145. The van der Waals surface area contributed by atoms with Gasteiger partial charge in [-0.25, -0.2) is 4.98 Å². The zero-order chi connectivity index (χ0) is 51.6. The van der Waals surface area contributed by atoms with E-state index in [1.54, 1.807) is 40.5 Å². The summed E-state index contributed by atoms with van der Waals surface area (Å²) in [6, 6.07) is 23.7. The number of amides is 5. The van der Waals surface area contributed by atoms with E-state index in [1.165, 1.54) is 12.1 Å². The Morgan fingerprint density at radius 3 is 2.29 bits per heavy atom. The number of hydrogen-bond acceptors (Lipinski definition) is 8. The van der Waals surface area contributed by atoms with Gasteiger partial charge < -0.3 is 30.9 Å². The third kappa shape index (κ3) is 14.0. The molecule has 0 saturated carbocycles. The molecule has 12 nitrogen and oxygen atoms in total. The maximum Gasteiger partial charge on any atom is 0.416 e. The summed E-state index contributed by atoms with van der Waals surface area (Å²) in [6.45, 7) is 10.8. The normalized spacial score (nSPS) is 16.3. The summed E-state index contributed by atoms with van der Waals surface area (Å²) in [5.74, 6) is -0.722. The van der Waals surface area contributed by atoms with Gasteiger partial charge in [0, 0.05) is 31.6 Å². The van der Waals surface area contributed by atoms with Crippen LogP contribution in [0.15, 0.2) is 103 Å². The molecule has 3 unspecified atom stereocenters. The van der Waals surface area contributed by atoms with Crippen molar-refractivity contribution in [2.75, 3.05) is 13.1 Å². The van der Waals surface area contributed by atoms with Gasteiger partial charge in [-0.1, -0.05) is 100 Å². The Bertz CT molecular complexity index is 2750. The number of aromatic nitrogens is 1. The van der Waals surface area contributed by atoms with Gasteiger partial charge in [-0.05, 0) is 110 Å². The van der Waals surface area contributed by atoms with Gasteiger partial charge in [0.2, 0.25) is 29.5 Å². The third-order valence-corrected chi connectivity index (χ3v) is 14.1. The van der Waals surface area contributed by atoms with E-state index in [0.29, 0.717) is 57.4 Å². The lowest BCUT2D eigenvalue weighted by Gasteiger charge is -2.35. The van der Waals surface area contributed by atoms with Gasteiger partial charge in [0.25, 0.3) is 0 Å². The number of thiazole rings is 1. The molecule has 0 radical (unpaired) electrons. The van der Waals surface area contributed by atoms with Crippen molar-refractivity contribution >= 4 is 46.9 Å². The quantitative estimate of drug-likeness (QED) is 0.0600.